The van der Waals surface area contributed by atoms with E-state index >= 15 is 0 Å². The number of halogens is 2. The maximum atomic E-state index is 13.7. The molecule has 1 aromatic carbocycles. The van der Waals surface area contributed by atoms with Gasteiger partial charge in [-0.15, -0.1) is 0 Å². The van der Waals surface area contributed by atoms with Gasteiger partial charge >= 0.3 is 6.09 Å². The van der Waals surface area contributed by atoms with E-state index < -0.39 is 17.2 Å². The number of aliphatic imine (C=N–C) groups is 1. The van der Waals surface area contributed by atoms with Gasteiger partial charge in [0.1, 0.15) is 17.2 Å². The number of guanidine groups is 1. The molecule has 0 spiro atoms. The number of fused-ring (bicyclic) bond motifs is 1. The summed E-state index contributed by atoms with van der Waals surface area (Å²) in [7, 11) is 0. The lowest BCUT2D eigenvalue weighted by atomic mass is 10.2. The number of benzene rings is 1. The Bertz CT molecular complexity index is 718. The third-order valence-electron chi connectivity index (χ3n) is 4.30. The van der Waals surface area contributed by atoms with E-state index in [1.165, 1.54) is 6.07 Å². The molecule has 2 aliphatic heterocycles. The molecular formula is C18H24F2N4O2. The predicted octanol–water partition coefficient (Wildman–Crippen LogP) is 2.35. The second kappa shape index (κ2) is 7.09. The number of hydrogen-bond donors (Lipinski definition) is 1. The molecule has 3 rings (SSSR count). The topological polar surface area (TPSA) is 57.2 Å². The van der Waals surface area contributed by atoms with Gasteiger partial charge < -0.3 is 19.9 Å². The summed E-state index contributed by atoms with van der Waals surface area (Å²) in [6.07, 6.45) is -0.319. The number of nitrogens with zero attached hydrogens (tertiary/aromatic N) is 3. The van der Waals surface area contributed by atoms with Crippen molar-refractivity contribution in [2.75, 3.05) is 26.2 Å². The standard InChI is InChI=1S/C18H24F2N4O2/c1-18(2,3)26-17(25)23-6-7-24-14(11-23)10-22-16(24)21-9-12-8-13(19)4-5-15(12)20/h4-5,8,14H,6-7,9-11H2,1-3H3,(H,21,22). The largest absolute Gasteiger partial charge is 0.444 e. The molecule has 2 aliphatic rings. The zero-order valence-corrected chi connectivity index (χ0v) is 15.3. The molecule has 2 heterocycles. The van der Waals surface area contributed by atoms with Crippen LogP contribution in [0.2, 0.25) is 0 Å². The lowest BCUT2D eigenvalue weighted by Crippen LogP contribution is -2.57. The van der Waals surface area contributed by atoms with Crippen LogP contribution in [0.5, 0.6) is 0 Å². The van der Waals surface area contributed by atoms with E-state index in [-0.39, 0.29) is 24.2 Å². The molecule has 0 saturated carbocycles. The molecule has 1 fully saturated rings. The Morgan fingerprint density at radius 1 is 1.35 bits per heavy atom. The normalized spacial score (nSPS) is 19.9. The molecule has 1 N–H and O–H groups in total. The molecule has 0 radical (unpaired) electrons. The number of hydrogen-bond acceptors (Lipinski definition) is 5. The molecule has 1 atom stereocenters. The minimum atomic E-state index is -0.526. The Labute approximate surface area is 151 Å². The van der Waals surface area contributed by atoms with Gasteiger partial charge in [0, 0.05) is 31.7 Å². The van der Waals surface area contributed by atoms with Crippen LogP contribution in [0, 0.1) is 11.6 Å². The Kier molecular flexibility index (Phi) is 5.02. The fraction of sp³-hybridized carbons (Fsp3) is 0.556. The summed E-state index contributed by atoms with van der Waals surface area (Å²) in [6, 6.07) is 3.45. The van der Waals surface area contributed by atoms with E-state index in [4.69, 9.17) is 4.74 Å². The predicted molar refractivity (Wildman–Crippen MR) is 93.8 cm³/mol. The summed E-state index contributed by atoms with van der Waals surface area (Å²) >= 11 is 0. The smallest absolute Gasteiger partial charge is 0.410 e. The molecule has 0 bridgehead atoms. The van der Waals surface area contributed by atoms with Crippen molar-refractivity contribution in [3.05, 3.63) is 35.4 Å². The highest BCUT2D eigenvalue weighted by Gasteiger charge is 2.36. The van der Waals surface area contributed by atoms with Gasteiger partial charge in [0.15, 0.2) is 5.96 Å². The van der Waals surface area contributed by atoms with Crippen molar-refractivity contribution >= 4 is 12.1 Å². The van der Waals surface area contributed by atoms with Crippen molar-refractivity contribution < 1.29 is 18.3 Å². The van der Waals surface area contributed by atoms with Gasteiger partial charge in [-0.2, -0.15) is 0 Å². The van der Waals surface area contributed by atoms with E-state index in [1.54, 1.807) is 4.90 Å². The van der Waals surface area contributed by atoms with Crippen LogP contribution in [-0.4, -0.2) is 59.7 Å². The van der Waals surface area contributed by atoms with Crippen LogP contribution in [0.25, 0.3) is 0 Å². The van der Waals surface area contributed by atoms with Gasteiger partial charge in [0.2, 0.25) is 0 Å². The summed E-state index contributed by atoms with van der Waals surface area (Å²) in [5.74, 6) is -0.272. The average molecular weight is 366 g/mol. The van der Waals surface area contributed by atoms with Gasteiger partial charge in [-0.1, -0.05) is 0 Å². The monoisotopic (exact) mass is 366 g/mol. The quantitative estimate of drug-likeness (QED) is 0.873. The van der Waals surface area contributed by atoms with Crippen molar-refractivity contribution in [2.45, 2.75) is 39.0 Å². The first-order valence-electron chi connectivity index (χ1n) is 8.70. The van der Waals surface area contributed by atoms with Gasteiger partial charge in [0.25, 0.3) is 0 Å². The maximum Gasteiger partial charge on any atom is 0.410 e. The number of nitrogens with one attached hydrogen (secondary N) is 1. The second-order valence-corrected chi connectivity index (χ2v) is 7.53. The molecule has 0 aromatic heterocycles. The van der Waals surface area contributed by atoms with E-state index in [0.29, 0.717) is 32.1 Å². The van der Waals surface area contributed by atoms with Crippen LogP contribution < -0.4 is 5.32 Å². The first-order chi connectivity index (χ1) is 12.2. The third kappa shape index (κ3) is 4.23. The van der Waals surface area contributed by atoms with Gasteiger partial charge in [-0.05, 0) is 39.0 Å². The number of carbonyl (C=O) groups is 1. The molecule has 6 nitrogen and oxygen atoms in total. The van der Waals surface area contributed by atoms with Crippen LogP contribution in [0.15, 0.2) is 23.2 Å². The van der Waals surface area contributed by atoms with Crippen LogP contribution >= 0.6 is 0 Å². The van der Waals surface area contributed by atoms with Crippen LogP contribution in [0.3, 0.4) is 0 Å². The van der Waals surface area contributed by atoms with Crippen molar-refractivity contribution in [3.8, 4) is 0 Å². The molecule has 26 heavy (non-hydrogen) atoms. The molecule has 142 valence electrons. The first kappa shape index (κ1) is 18.4. The van der Waals surface area contributed by atoms with E-state index in [0.717, 1.165) is 12.1 Å². The fourth-order valence-corrected chi connectivity index (χ4v) is 3.08. The van der Waals surface area contributed by atoms with Crippen molar-refractivity contribution in [1.29, 1.82) is 0 Å². The number of ether oxygens (including phenoxy) is 1. The van der Waals surface area contributed by atoms with Crippen molar-refractivity contribution in [3.63, 3.8) is 0 Å². The highest BCUT2D eigenvalue weighted by molar-refractivity contribution is 5.82. The van der Waals surface area contributed by atoms with Gasteiger partial charge in [0.05, 0.1) is 12.6 Å². The second-order valence-electron chi connectivity index (χ2n) is 7.53. The van der Waals surface area contributed by atoms with E-state index in [9.17, 15) is 13.6 Å². The zero-order chi connectivity index (χ0) is 18.9. The minimum Gasteiger partial charge on any atom is -0.444 e. The van der Waals surface area contributed by atoms with Crippen LogP contribution in [0.4, 0.5) is 13.6 Å². The molecule has 0 aliphatic carbocycles. The average Bonchev–Trinajstić information content (AvgIpc) is 2.96. The highest BCUT2D eigenvalue weighted by atomic mass is 19.1. The molecule has 1 aromatic rings. The van der Waals surface area contributed by atoms with Gasteiger partial charge in [-0.3, -0.25) is 4.99 Å². The number of carbonyl (C=O) groups excluding carboxylic acids is 1. The molecular weight excluding hydrogens is 342 g/mol. The summed E-state index contributed by atoms with van der Waals surface area (Å²) < 4.78 is 32.4. The summed E-state index contributed by atoms with van der Waals surface area (Å²) in [6.45, 7) is 7.89. The van der Waals surface area contributed by atoms with E-state index in [1.807, 2.05) is 20.8 Å². The molecule has 1 unspecified atom stereocenters. The Hall–Kier alpha value is -2.38. The van der Waals surface area contributed by atoms with Crippen LogP contribution in [0.1, 0.15) is 26.3 Å². The summed E-state index contributed by atoms with van der Waals surface area (Å²) in [4.78, 5) is 20.4. The highest BCUT2D eigenvalue weighted by Crippen LogP contribution is 2.19. The lowest BCUT2D eigenvalue weighted by Gasteiger charge is -2.39. The summed E-state index contributed by atoms with van der Waals surface area (Å²) in [5.41, 5.74) is -0.272. The van der Waals surface area contributed by atoms with Crippen molar-refractivity contribution in [2.24, 2.45) is 4.99 Å². The van der Waals surface area contributed by atoms with E-state index in [2.05, 4.69) is 15.2 Å². The third-order valence-corrected chi connectivity index (χ3v) is 4.30. The van der Waals surface area contributed by atoms with Crippen molar-refractivity contribution in [1.82, 2.24) is 15.1 Å². The first-order valence-corrected chi connectivity index (χ1v) is 8.70. The lowest BCUT2D eigenvalue weighted by molar-refractivity contribution is 0.0137. The van der Waals surface area contributed by atoms with Gasteiger partial charge in [-0.25, -0.2) is 13.6 Å². The summed E-state index contributed by atoms with van der Waals surface area (Å²) in [5, 5.41) is 3.08. The Morgan fingerprint density at radius 2 is 2.12 bits per heavy atom. The fourth-order valence-electron chi connectivity index (χ4n) is 3.08. The number of piperazine rings is 1. The number of rotatable bonds is 2. The molecule has 1 saturated heterocycles. The Morgan fingerprint density at radius 3 is 2.85 bits per heavy atom. The maximum absolute atomic E-state index is 13.7. The molecule has 1 amide bonds. The Balaban J connectivity index is 1.55. The SMILES string of the molecule is CC(C)(C)OC(=O)N1CCN2C(NCc3cc(F)ccc3F)=NCC2C1. The minimum absolute atomic E-state index is 0.0659. The zero-order valence-electron chi connectivity index (χ0n) is 15.3. The van der Waals surface area contributed by atoms with Crippen LogP contribution in [-0.2, 0) is 11.3 Å². The molecule has 8 heteroatoms. The number of amides is 1.